The summed E-state index contributed by atoms with van der Waals surface area (Å²) in [5, 5.41) is 1.85. The quantitative estimate of drug-likeness (QED) is 0.788. The Balaban J connectivity index is 1.84. The third-order valence-electron chi connectivity index (χ3n) is 3.40. The van der Waals surface area contributed by atoms with Gasteiger partial charge in [0.05, 0.1) is 11.3 Å². The minimum Gasteiger partial charge on any atom is -0.334 e. The van der Waals surface area contributed by atoms with Gasteiger partial charge in [0.15, 0.2) is 0 Å². The van der Waals surface area contributed by atoms with Gasteiger partial charge >= 0.3 is 0 Å². The summed E-state index contributed by atoms with van der Waals surface area (Å²) < 4.78 is 4.17. The fourth-order valence-electron chi connectivity index (χ4n) is 2.34. The number of aromatic nitrogens is 1. The maximum Gasteiger partial charge on any atom is 0.256 e. The van der Waals surface area contributed by atoms with E-state index in [0.717, 1.165) is 24.2 Å². The highest BCUT2D eigenvalue weighted by molar-refractivity contribution is 7.03. The second kappa shape index (κ2) is 4.53. The largest absolute Gasteiger partial charge is 0.334 e. The molecule has 0 saturated carbocycles. The van der Waals surface area contributed by atoms with Crippen molar-refractivity contribution in [3.8, 4) is 0 Å². The molecule has 2 aromatic rings. The zero-order chi connectivity index (χ0) is 12.5. The predicted molar refractivity (Wildman–Crippen MR) is 71.7 cm³/mol. The van der Waals surface area contributed by atoms with Crippen molar-refractivity contribution in [3.05, 3.63) is 52.0 Å². The molecule has 2 heterocycles. The Kier molecular flexibility index (Phi) is 2.88. The van der Waals surface area contributed by atoms with E-state index in [0.29, 0.717) is 6.54 Å². The Labute approximate surface area is 110 Å². The topological polar surface area (TPSA) is 33.2 Å². The van der Waals surface area contributed by atoms with Crippen LogP contribution in [0.3, 0.4) is 0 Å². The van der Waals surface area contributed by atoms with Gasteiger partial charge in [-0.1, -0.05) is 24.3 Å². The van der Waals surface area contributed by atoms with Crippen molar-refractivity contribution in [1.82, 2.24) is 9.27 Å². The first-order valence-electron chi connectivity index (χ1n) is 6.03. The summed E-state index contributed by atoms with van der Waals surface area (Å²) in [6.07, 6.45) is 0.943. The molecule has 0 radical (unpaired) electrons. The minimum atomic E-state index is 0.107. The summed E-state index contributed by atoms with van der Waals surface area (Å²) in [7, 11) is 0. The van der Waals surface area contributed by atoms with E-state index in [-0.39, 0.29) is 5.91 Å². The van der Waals surface area contributed by atoms with Crippen LogP contribution in [0.4, 0.5) is 0 Å². The molecule has 0 N–H and O–H groups in total. The molecule has 1 aliphatic rings. The third-order valence-corrected chi connectivity index (χ3v) is 4.12. The highest BCUT2D eigenvalue weighted by Crippen LogP contribution is 2.21. The highest BCUT2D eigenvalue weighted by atomic mass is 32.1. The van der Waals surface area contributed by atoms with Crippen molar-refractivity contribution in [2.75, 3.05) is 6.54 Å². The lowest BCUT2D eigenvalue weighted by Crippen LogP contribution is -2.36. The van der Waals surface area contributed by atoms with E-state index in [1.807, 2.05) is 23.3 Å². The molecule has 92 valence electrons. The molecule has 0 unspecified atom stereocenters. The fourth-order valence-corrected chi connectivity index (χ4v) is 3.02. The van der Waals surface area contributed by atoms with Crippen molar-refractivity contribution in [1.29, 1.82) is 0 Å². The average molecular weight is 258 g/mol. The second-order valence-electron chi connectivity index (χ2n) is 4.56. The number of fused-ring (bicyclic) bond motifs is 1. The summed E-state index contributed by atoms with van der Waals surface area (Å²) >= 11 is 1.35. The number of carbonyl (C=O) groups is 1. The molecule has 1 amide bonds. The molecule has 0 spiro atoms. The van der Waals surface area contributed by atoms with Gasteiger partial charge in [-0.25, -0.2) is 0 Å². The van der Waals surface area contributed by atoms with Crippen LogP contribution in [0.2, 0.25) is 0 Å². The molecule has 0 bridgehead atoms. The first-order chi connectivity index (χ1) is 8.75. The van der Waals surface area contributed by atoms with E-state index in [4.69, 9.17) is 0 Å². The minimum absolute atomic E-state index is 0.107. The van der Waals surface area contributed by atoms with Gasteiger partial charge in [-0.15, -0.1) is 0 Å². The number of hydrogen-bond acceptors (Lipinski definition) is 3. The highest BCUT2D eigenvalue weighted by Gasteiger charge is 2.23. The van der Waals surface area contributed by atoms with E-state index in [1.165, 1.54) is 22.7 Å². The molecule has 0 aliphatic carbocycles. The Hall–Kier alpha value is -1.68. The van der Waals surface area contributed by atoms with Crippen LogP contribution in [0.5, 0.6) is 0 Å². The number of benzene rings is 1. The summed E-state index contributed by atoms with van der Waals surface area (Å²) in [5.41, 5.74) is 4.21. The van der Waals surface area contributed by atoms with Crippen LogP contribution in [0.1, 0.15) is 27.2 Å². The lowest BCUT2D eigenvalue weighted by molar-refractivity contribution is 0.0734. The molecule has 3 rings (SSSR count). The lowest BCUT2D eigenvalue weighted by Gasteiger charge is -2.28. The van der Waals surface area contributed by atoms with Gasteiger partial charge in [-0.2, -0.15) is 4.37 Å². The maximum atomic E-state index is 12.4. The molecule has 1 aliphatic heterocycles. The Bertz CT molecular complexity index is 591. The van der Waals surface area contributed by atoms with E-state index in [9.17, 15) is 4.79 Å². The molecule has 1 aromatic heterocycles. The summed E-state index contributed by atoms with van der Waals surface area (Å²) in [6.45, 7) is 3.40. The number of carbonyl (C=O) groups excluding carboxylic acids is 1. The monoisotopic (exact) mass is 258 g/mol. The first kappa shape index (κ1) is 11.4. The van der Waals surface area contributed by atoms with Gasteiger partial charge in [0.1, 0.15) is 0 Å². The zero-order valence-corrected chi connectivity index (χ0v) is 11.0. The van der Waals surface area contributed by atoms with Crippen LogP contribution in [0, 0.1) is 6.92 Å². The average Bonchev–Trinajstić information content (AvgIpc) is 2.83. The summed E-state index contributed by atoms with van der Waals surface area (Å²) in [5.74, 6) is 0.107. The van der Waals surface area contributed by atoms with Crippen LogP contribution in [0.15, 0.2) is 29.6 Å². The van der Waals surface area contributed by atoms with Gasteiger partial charge in [-0.3, -0.25) is 4.79 Å². The SMILES string of the molecule is Cc1nscc1C(=O)N1CCc2ccccc2C1. The molecule has 18 heavy (non-hydrogen) atoms. The molecule has 1 aromatic carbocycles. The summed E-state index contributed by atoms with van der Waals surface area (Å²) in [4.78, 5) is 14.3. The van der Waals surface area contributed by atoms with Crippen LogP contribution in [-0.2, 0) is 13.0 Å². The van der Waals surface area contributed by atoms with Gasteiger partial charge in [0, 0.05) is 18.5 Å². The molecule has 3 nitrogen and oxygen atoms in total. The number of amides is 1. The molecular formula is C14H14N2OS. The number of nitrogens with zero attached hydrogens (tertiary/aromatic N) is 2. The van der Waals surface area contributed by atoms with Gasteiger partial charge in [0.25, 0.3) is 5.91 Å². The number of aryl methyl sites for hydroxylation is 1. The Morgan fingerprint density at radius 1 is 1.33 bits per heavy atom. The Morgan fingerprint density at radius 3 is 2.83 bits per heavy atom. The van der Waals surface area contributed by atoms with Crippen molar-refractivity contribution in [2.45, 2.75) is 19.9 Å². The standard InChI is InChI=1S/C14H14N2OS/c1-10-13(9-18-15-10)14(17)16-7-6-11-4-2-3-5-12(11)8-16/h2-5,9H,6-8H2,1H3. The number of hydrogen-bond donors (Lipinski definition) is 0. The van der Waals surface area contributed by atoms with E-state index < -0.39 is 0 Å². The van der Waals surface area contributed by atoms with Gasteiger partial charge in [0.2, 0.25) is 0 Å². The van der Waals surface area contributed by atoms with E-state index in [1.54, 1.807) is 0 Å². The summed E-state index contributed by atoms with van der Waals surface area (Å²) in [6, 6.07) is 8.34. The zero-order valence-electron chi connectivity index (χ0n) is 10.2. The van der Waals surface area contributed by atoms with Gasteiger partial charge in [-0.05, 0) is 36.0 Å². The molecule has 0 atom stereocenters. The molecule has 4 heteroatoms. The first-order valence-corrected chi connectivity index (χ1v) is 6.86. The molecular weight excluding hydrogens is 244 g/mol. The second-order valence-corrected chi connectivity index (χ2v) is 5.19. The maximum absolute atomic E-state index is 12.4. The predicted octanol–water partition coefficient (Wildman–Crippen LogP) is 2.65. The third kappa shape index (κ3) is 1.93. The van der Waals surface area contributed by atoms with Crippen LogP contribution < -0.4 is 0 Å². The lowest BCUT2D eigenvalue weighted by atomic mass is 9.99. The number of rotatable bonds is 1. The van der Waals surface area contributed by atoms with Gasteiger partial charge < -0.3 is 4.90 Å². The van der Waals surface area contributed by atoms with Crippen LogP contribution >= 0.6 is 11.5 Å². The smallest absolute Gasteiger partial charge is 0.256 e. The Morgan fingerprint density at radius 2 is 2.11 bits per heavy atom. The van der Waals surface area contributed by atoms with Crippen molar-refractivity contribution in [2.24, 2.45) is 0 Å². The van der Waals surface area contributed by atoms with Crippen LogP contribution in [0.25, 0.3) is 0 Å². The van der Waals surface area contributed by atoms with Crippen molar-refractivity contribution < 1.29 is 4.79 Å². The molecule has 0 fully saturated rings. The van der Waals surface area contributed by atoms with E-state index in [2.05, 4.69) is 22.6 Å². The fraction of sp³-hybridized carbons (Fsp3) is 0.286. The van der Waals surface area contributed by atoms with Crippen molar-refractivity contribution in [3.63, 3.8) is 0 Å². The molecule has 0 saturated heterocycles. The van der Waals surface area contributed by atoms with E-state index >= 15 is 0 Å². The van der Waals surface area contributed by atoms with Crippen molar-refractivity contribution >= 4 is 17.4 Å². The van der Waals surface area contributed by atoms with Crippen LogP contribution in [-0.4, -0.2) is 21.7 Å². The normalized spacial score (nSPS) is 14.4.